The van der Waals surface area contributed by atoms with Crippen molar-refractivity contribution in [1.82, 2.24) is 9.88 Å². The largest absolute Gasteiger partial charge is 0.444 e. The van der Waals surface area contributed by atoms with Crippen LogP contribution in [-0.4, -0.2) is 64.0 Å². The number of aryl methyl sites for hydroxylation is 1. The quantitative estimate of drug-likeness (QED) is 0.212. The summed E-state index contributed by atoms with van der Waals surface area (Å²) in [6.45, 7) is 10.4. The molecule has 5 heterocycles. The van der Waals surface area contributed by atoms with Crippen molar-refractivity contribution in [2.45, 2.75) is 103 Å². The molecule has 2 aromatic heterocycles. The Morgan fingerprint density at radius 1 is 1.11 bits per heavy atom. The Balaban J connectivity index is 1.24. The van der Waals surface area contributed by atoms with Gasteiger partial charge < -0.3 is 24.0 Å². The first-order chi connectivity index (χ1) is 21.7. The number of thiophene rings is 1. The summed E-state index contributed by atoms with van der Waals surface area (Å²) in [7, 11) is 0. The molecule has 244 valence electrons. The summed E-state index contributed by atoms with van der Waals surface area (Å²) >= 11 is 8.30. The summed E-state index contributed by atoms with van der Waals surface area (Å²) < 4.78 is 17.6. The van der Waals surface area contributed by atoms with Gasteiger partial charge in [-0.1, -0.05) is 11.6 Å². The highest BCUT2D eigenvalue weighted by atomic mass is 35.5. The topological polar surface area (TPSA) is 98.3 Å². The van der Waals surface area contributed by atoms with Gasteiger partial charge in [0.05, 0.1) is 10.2 Å². The van der Waals surface area contributed by atoms with Crippen molar-refractivity contribution in [3.8, 4) is 11.1 Å². The van der Waals surface area contributed by atoms with Gasteiger partial charge in [-0.25, -0.2) is 4.79 Å². The number of rotatable bonds is 4. The number of hydrogen-bond acceptors (Lipinski definition) is 9. The number of hydrogen-bond donors (Lipinski definition) is 0. The SMILES string of the molecule is CC(C)(C)OC(=O)N1CC(N2CCCc3cc(Cl)cc(-c4ccnc5cc(CC6C(=O)OC(C)(C)OC6=O)sc45)c32)CC12CCC2. The van der Waals surface area contributed by atoms with Crippen molar-refractivity contribution in [3.05, 3.63) is 45.9 Å². The van der Waals surface area contributed by atoms with E-state index in [4.69, 9.17) is 25.8 Å². The van der Waals surface area contributed by atoms with E-state index in [1.807, 2.05) is 43.9 Å². The fourth-order valence-electron chi connectivity index (χ4n) is 7.59. The number of pyridine rings is 1. The molecule has 1 aliphatic carbocycles. The highest BCUT2D eigenvalue weighted by Gasteiger charge is 2.54. The van der Waals surface area contributed by atoms with E-state index in [0.29, 0.717) is 11.6 Å². The van der Waals surface area contributed by atoms with Crippen molar-refractivity contribution in [2.24, 2.45) is 5.92 Å². The van der Waals surface area contributed by atoms with Crippen molar-refractivity contribution in [1.29, 1.82) is 0 Å². The Morgan fingerprint density at radius 3 is 2.52 bits per heavy atom. The van der Waals surface area contributed by atoms with Crippen LogP contribution in [0.5, 0.6) is 0 Å². The number of carbonyl (C=O) groups excluding carboxylic acids is 3. The summed E-state index contributed by atoms with van der Waals surface area (Å²) in [6.07, 6.45) is 7.70. The summed E-state index contributed by atoms with van der Waals surface area (Å²) in [6, 6.07) is 8.21. The van der Waals surface area contributed by atoms with Gasteiger partial charge in [0.1, 0.15) is 5.60 Å². The second-order valence-electron chi connectivity index (χ2n) is 14.6. The molecule has 3 aromatic rings. The van der Waals surface area contributed by atoms with E-state index in [-0.39, 0.29) is 24.1 Å². The number of likely N-dealkylation sites (tertiary alicyclic amines) is 1. The summed E-state index contributed by atoms with van der Waals surface area (Å²) in [5.74, 6) is -3.44. The Labute approximate surface area is 278 Å². The van der Waals surface area contributed by atoms with E-state index in [1.165, 1.54) is 16.9 Å². The molecule has 1 saturated carbocycles. The van der Waals surface area contributed by atoms with E-state index in [0.717, 1.165) is 77.0 Å². The van der Waals surface area contributed by atoms with Gasteiger partial charge in [0.2, 0.25) is 0 Å². The number of cyclic esters (lactones) is 2. The minimum absolute atomic E-state index is 0.149. The Morgan fingerprint density at radius 2 is 1.85 bits per heavy atom. The summed E-state index contributed by atoms with van der Waals surface area (Å²) in [5, 5.41) is 0.671. The molecule has 3 aliphatic heterocycles. The van der Waals surface area contributed by atoms with Gasteiger partial charge in [-0.15, -0.1) is 11.3 Å². The van der Waals surface area contributed by atoms with Crippen molar-refractivity contribution in [2.75, 3.05) is 18.0 Å². The minimum Gasteiger partial charge on any atom is -0.444 e. The van der Waals surface area contributed by atoms with Crippen molar-refractivity contribution < 1.29 is 28.6 Å². The maximum atomic E-state index is 13.4. The van der Waals surface area contributed by atoms with E-state index < -0.39 is 29.2 Å². The molecule has 2 saturated heterocycles. The highest BCUT2D eigenvalue weighted by molar-refractivity contribution is 7.19. The van der Waals surface area contributed by atoms with Gasteiger partial charge in [-0.05, 0) is 89.1 Å². The van der Waals surface area contributed by atoms with Gasteiger partial charge in [0, 0.05) is 77.8 Å². The van der Waals surface area contributed by atoms with Gasteiger partial charge >= 0.3 is 18.0 Å². The predicted molar refractivity (Wildman–Crippen MR) is 177 cm³/mol. The monoisotopic (exact) mass is 665 g/mol. The average Bonchev–Trinajstić information content (AvgIpc) is 3.55. The molecular weight excluding hydrogens is 626 g/mol. The van der Waals surface area contributed by atoms with Crippen molar-refractivity contribution in [3.63, 3.8) is 0 Å². The van der Waals surface area contributed by atoms with Crippen LogP contribution in [0.2, 0.25) is 5.02 Å². The second kappa shape index (κ2) is 11.1. The van der Waals surface area contributed by atoms with E-state index in [1.54, 1.807) is 20.0 Å². The number of anilines is 1. The molecule has 4 aliphatic rings. The molecule has 0 bridgehead atoms. The Kier molecular flexibility index (Phi) is 7.55. The first-order valence-electron chi connectivity index (χ1n) is 16.2. The average molecular weight is 666 g/mol. The van der Waals surface area contributed by atoms with Crippen molar-refractivity contribution >= 4 is 56.9 Å². The van der Waals surface area contributed by atoms with Crippen LogP contribution in [0.4, 0.5) is 10.5 Å². The van der Waals surface area contributed by atoms with E-state index >= 15 is 0 Å². The molecule has 1 aromatic carbocycles. The van der Waals surface area contributed by atoms with Crippen LogP contribution in [-0.2, 0) is 36.6 Å². The fraction of sp³-hybridized carbons (Fsp3) is 0.543. The summed E-state index contributed by atoms with van der Waals surface area (Å²) in [5.41, 5.74) is 4.47. The number of halogens is 1. The number of ether oxygens (including phenoxy) is 3. The zero-order valence-corrected chi connectivity index (χ0v) is 28.6. The molecular formula is C35H40ClN3O6S. The molecule has 1 spiro atoms. The molecule has 3 fully saturated rings. The molecule has 7 rings (SSSR count). The molecule has 1 atom stereocenters. The second-order valence-corrected chi connectivity index (χ2v) is 16.1. The number of amides is 1. The van der Waals surface area contributed by atoms with Gasteiger partial charge in [0.25, 0.3) is 5.79 Å². The lowest BCUT2D eigenvalue weighted by atomic mass is 9.74. The molecule has 46 heavy (non-hydrogen) atoms. The number of fused-ring (bicyclic) bond motifs is 2. The zero-order valence-electron chi connectivity index (χ0n) is 27.0. The number of nitrogens with zero attached hydrogens (tertiary/aromatic N) is 3. The van der Waals surface area contributed by atoms with E-state index in [9.17, 15) is 14.4 Å². The lowest BCUT2D eigenvalue weighted by molar-refractivity contribution is -0.239. The lowest BCUT2D eigenvalue weighted by Gasteiger charge is -2.45. The first-order valence-corrected chi connectivity index (χ1v) is 17.3. The maximum Gasteiger partial charge on any atom is 0.410 e. The highest BCUT2D eigenvalue weighted by Crippen LogP contribution is 2.51. The van der Waals surface area contributed by atoms with Gasteiger partial charge in [-0.2, -0.15) is 0 Å². The van der Waals surface area contributed by atoms with Crippen LogP contribution in [0.15, 0.2) is 30.5 Å². The number of benzene rings is 1. The van der Waals surface area contributed by atoms with Crippen LogP contribution < -0.4 is 4.90 Å². The van der Waals surface area contributed by atoms with E-state index in [2.05, 4.69) is 16.0 Å². The minimum atomic E-state index is -1.27. The molecule has 1 amide bonds. The van der Waals surface area contributed by atoms with Crippen LogP contribution in [0, 0.1) is 5.92 Å². The Bertz CT molecular complexity index is 1720. The predicted octanol–water partition coefficient (Wildman–Crippen LogP) is 7.30. The normalized spacial score (nSPS) is 22.4. The zero-order chi connectivity index (χ0) is 32.6. The molecule has 9 nitrogen and oxygen atoms in total. The number of carbonyl (C=O) groups is 3. The lowest BCUT2D eigenvalue weighted by Crippen LogP contribution is -2.53. The van der Waals surface area contributed by atoms with Gasteiger partial charge in [0.15, 0.2) is 5.92 Å². The molecule has 0 N–H and O–H groups in total. The third-order valence-electron chi connectivity index (χ3n) is 9.63. The first kappa shape index (κ1) is 31.2. The molecule has 1 unspecified atom stereocenters. The third kappa shape index (κ3) is 5.61. The van der Waals surface area contributed by atoms with Crippen LogP contribution >= 0.6 is 22.9 Å². The summed E-state index contributed by atoms with van der Waals surface area (Å²) in [4.78, 5) is 48.9. The molecule has 0 radical (unpaired) electrons. The Hall–Kier alpha value is -3.37. The van der Waals surface area contributed by atoms with Crippen LogP contribution in [0.3, 0.4) is 0 Å². The smallest absolute Gasteiger partial charge is 0.410 e. The fourth-order valence-corrected chi connectivity index (χ4v) is 9.02. The maximum absolute atomic E-state index is 13.4. The van der Waals surface area contributed by atoms with Gasteiger partial charge in [-0.3, -0.25) is 14.6 Å². The standard InChI is InChI=1S/C35H40ClN3O6S/c1-33(2,3)45-32(42)39-19-22(18-35(39)10-7-11-35)38-13-6-8-20-14-21(36)15-25(28(20)38)24-9-12-37-27-17-23(46-29(24)27)16-26-30(40)43-34(4,5)44-31(26)41/h9,12,14-15,17,22,26H,6-8,10-11,13,16,18-19H2,1-5H3. The van der Waals surface area contributed by atoms with Crippen LogP contribution in [0.1, 0.15) is 77.2 Å². The number of esters is 2. The molecule has 11 heteroatoms. The number of aromatic nitrogens is 1. The third-order valence-corrected chi connectivity index (χ3v) is 11.0. The van der Waals surface area contributed by atoms with Crippen LogP contribution in [0.25, 0.3) is 21.3 Å².